The highest BCUT2D eigenvalue weighted by molar-refractivity contribution is 5.99. The van der Waals surface area contributed by atoms with Gasteiger partial charge in [0.2, 0.25) is 5.91 Å². The predicted octanol–water partition coefficient (Wildman–Crippen LogP) is 3.92. The standard InChI is InChI=1S/C20H20F2N2O4/c1-3-4-19(26)23-15-5-6-18(17(10-15)12(2)25)28-11-20(27)24-16-8-13(21)7-14(22)9-16/h5-10H,3-4,11H2,1-2H3,(H,23,26)(H,24,27). The van der Waals surface area contributed by atoms with E-state index in [1.807, 2.05) is 6.92 Å². The SMILES string of the molecule is CCCC(=O)Nc1ccc(OCC(=O)Nc2cc(F)cc(F)c2)c(C(C)=O)c1. The van der Waals surface area contributed by atoms with Crippen molar-refractivity contribution < 1.29 is 27.9 Å². The van der Waals surface area contributed by atoms with Crippen LogP contribution in [0.25, 0.3) is 0 Å². The number of halogens is 2. The number of nitrogens with one attached hydrogen (secondary N) is 2. The number of ketones is 1. The Bertz CT molecular complexity index is 880. The molecule has 0 radical (unpaired) electrons. The fourth-order valence-electron chi connectivity index (χ4n) is 2.43. The van der Waals surface area contributed by atoms with Crippen LogP contribution < -0.4 is 15.4 Å². The van der Waals surface area contributed by atoms with E-state index in [-0.39, 0.29) is 28.7 Å². The summed E-state index contributed by atoms with van der Waals surface area (Å²) in [6, 6.07) is 7.10. The van der Waals surface area contributed by atoms with Crippen molar-refractivity contribution in [3.8, 4) is 5.75 Å². The van der Waals surface area contributed by atoms with Gasteiger partial charge in [-0.05, 0) is 43.7 Å². The minimum Gasteiger partial charge on any atom is -0.483 e. The highest BCUT2D eigenvalue weighted by Crippen LogP contribution is 2.24. The number of carbonyl (C=O) groups is 3. The number of benzene rings is 2. The van der Waals surface area contributed by atoms with Crippen LogP contribution in [-0.2, 0) is 9.59 Å². The van der Waals surface area contributed by atoms with E-state index in [9.17, 15) is 23.2 Å². The molecule has 0 heterocycles. The van der Waals surface area contributed by atoms with Crippen LogP contribution in [0, 0.1) is 11.6 Å². The molecule has 2 amide bonds. The molecule has 8 heteroatoms. The summed E-state index contributed by atoms with van der Waals surface area (Å²) < 4.78 is 31.7. The molecule has 2 N–H and O–H groups in total. The fraction of sp³-hybridized carbons (Fsp3) is 0.250. The number of hydrogen-bond acceptors (Lipinski definition) is 4. The zero-order valence-corrected chi connectivity index (χ0v) is 15.5. The second-order valence-corrected chi connectivity index (χ2v) is 6.06. The molecular weight excluding hydrogens is 370 g/mol. The van der Waals surface area contributed by atoms with E-state index in [0.29, 0.717) is 24.6 Å². The van der Waals surface area contributed by atoms with Crippen molar-refractivity contribution in [2.45, 2.75) is 26.7 Å². The summed E-state index contributed by atoms with van der Waals surface area (Å²) in [7, 11) is 0. The first kappa shape index (κ1) is 21.0. The molecule has 0 bridgehead atoms. The molecule has 0 saturated carbocycles. The van der Waals surface area contributed by atoms with Crippen molar-refractivity contribution in [1.82, 2.24) is 0 Å². The highest BCUT2D eigenvalue weighted by Gasteiger charge is 2.13. The smallest absolute Gasteiger partial charge is 0.262 e. The molecule has 2 aromatic carbocycles. The average Bonchev–Trinajstić information content (AvgIpc) is 2.59. The Hall–Kier alpha value is -3.29. The highest BCUT2D eigenvalue weighted by atomic mass is 19.1. The Kier molecular flexibility index (Phi) is 7.20. The van der Waals surface area contributed by atoms with E-state index in [1.54, 1.807) is 6.07 Å². The predicted molar refractivity (Wildman–Crippen MR) is 100 cm³/mol. The first-order valence-electron chi connectivity index (χ1n) is 8.62. The third-order valence-corrected chi connectivity index (χ3v) is 3.62. The van der Waals surface area contributed by atoms with Gasteiger partial charge in [-0.15, -0.1) is 0 Å². The summed E-state index contributed by atoms with van der Waals surface area (Å²) in [4.78, 5) is 35.5. The normalized spacial score (nSPS) is 10.3. The molecule has 2 aromatic rings. The van der Waals surface area contributed by atoms with E-state index >= 15 is 0 Å². The molecule has 0 aliphatic rings. The molecule has 0 aliphatic carbocycles. The zero-order valence-electron chi connectivity index (χ0n) is 15.5. The van der Waals surface area contributed by atoms with Crippen molar-refractivity contribution >= 4 is 29.0 Å². The van der Waals surface area contributed by atoms with Crippen molar-refractivity contribution in [2.75, 3.05) is 17.2 Å². The van der Waals surface area contributed by atoms with Gasteiger partial charge in [-0.2, -0.15) is 0 Å². The lowest BCUT2D eigenvalue weighted by Crippen LogP contribution is -2.21. The Morgan fingerprint density at radius 2 is 1.57 bits per heavy atom. The third kappa shape index (κ3) is 6.15. The maximum Gasteiger partial charge on any atom is 0.262 e. The Labute approximate surface area is 160 Å². The molecule has 0 fully saturated rings. The van der Waals surface area contributed by atoms with Crippen molar-refractivity contribution in [3.05, 3.63) is 53.6 Å². The van der Waals surface area contributed by atoms with Gasteiger partial charge in [0, 0.05) is 23.9 Å². The summed E-state index contributed by atoms with van der Waals surface area (Å²) in [5.41, 5.74) is 0.585. The Morgan fingerprint density at radius 3 is 2.18 bits per heavy atom. The number of ether oxygens (including phenoxy) is 1. The minimum absolute atomic E-state index is 0.0492. The second kappa shape index (κ2) is 9.59. The summed E-state index contributed by atoms with van der Waals surface area (Å²) in [5.74, 6) is -2.63. The van der Waals surface area contributed by atoms with E-state index < -0.39 is 24.1 Å². The molecule has 6 nitrogen and oxygen atoms in total. The minimum atomic E-state index is -0.823. The lowest BCUT2D eigenvalue weighted by molar-refractivity contribution is -0.118. The molecule has 0 atom stereocenters. The first-order chi connectivity index (χ1) is 13.3. The van der Waals surface area contributed by atoms with Crippen molar-refractivity contribution in [3.63, 3.8) is 0 Å². The number of hydrogen-bond donors (Lipinski definition) is 2. The number of amides is 2. The van der Waals surface area contributed by atoms with Crippen LogP contribution >= 0.6 is 0 Å². The molecule has 148 valence electrons. The van der Waals surface area contributed by atoms with Crippen LogP contribution in [0.1, 0.15) is 37.0 Å². The Morgan fingerprint density at radius 1 is 0.929 bits per heavy atom. The van der Waals surface area contributed by atoms with E-state index in [4.69, 9.17) is 4.74 Å². The molecule has 2 rings (SSSR count). The number of Topliss-reactive ketones (excluding diaryl/α,β-unsaturated/α-hetero) is 1. The zero-order chi connectivity index (χ0) is 20.7. The van der Waals surface area contributed by atoms with Gasteiger partial charge in [0.25, 0.3) is 5.91 Å². The summed E-state index contributed by atoms with van der Waals surface area (Å²) in [6.45, 7) is 2.73. The topological polar surface area (TPSA) is 84.5 Å². The van der Waals surface area contributed by atoms with Gasteiger partial charge in [-0.3, -0.25) is 14.4 Å². The van der Waals surface area contributed by atoms with Crippen LogP contribution in [0.4, 0.5) is 20.2 Å². The number of anilines is 2. The number of rotatable bonds is 8. The van der Waals surface area contributed by atoms with E-state index in [0.717, 1.165) is 12.1 Å². The van der Waals surface area contributed by atoms with Crippen LogP contribution in [0.15, 0.2) is 36.4 Å². The van der Waals surface area contributed by atoms with Crippen molar-refractivity contribution in [2.24, 2.45) is 0 Å². The summed E-state index contributed by atoms with van der Waals surface area (Å²) in [5, 5.41) is 4.98. The van der Waals surface area contributed by atoms with Gasteiger partial charge in [0.1, 0.15) is 17.4 Å². The molecule has 0 aliphatic heterocycles. The Balaban J connectivity index is 2.05. The fourth-order valence-corrected chi connectivity index (χ4v) is 2.43. The quantitative estimate of drug-likeness (QED) is 0.669. The first-order valence-corrected chi connectivity index (χ1v) is 8.62. The number of carbonyl (C=O) groups excluding carboxylic acids is 3. The lowest BCUT2D eigenvalue weighted by Gasteiger charge is -2.12. The molecule has 0 spiro atoms. The lowest BCUT2D eigenvalue weighted by atomic mass is 10.1. The van der Waals surface area contributed by atoms with Gasteiger partial charge in [-0.25, -0.2) is 8.78 Å². The molecular formula is C20H20F2N2O4. The van der Waals surface area contributed by atoms with Crippen LogP contribution in [0.3, 0.4) is 0 Å². The van der Waals surface area contributed by atoms with Gasteiger partial charge in [0.05, 0.1) is 5.56 Å². The van der Waals surface area contributed by atoms with E-state index in [2.05, 4.69) is 10.6 Å². The molecule has 0 saturated heterocycles. The monoisotopic (exact) mass is 390 g/mol. The third-order valence-electron chi connectivity index (χ3n) is 3.62. The van der Waals surface area contributed by atoms with Crippen molar-refractivity contribution in [1.29, 1.82) is 0 Å². The maximum atomic E-state index is 13.2. The summed E-state index contributed by atoms with van der Waals surface area (Å²) >= 11 is 0. The van der Waals surface area contributed by atoms with Crippen LogP contribution in [0.5, 0.6) is 5.75 Å². The van der Waals surface area contributed by atoms with E-state index in [1.165, 1.54) is 19.1 Å². The van der Waals surface area contributed by atoms with Crippen LogP contribution in [0.2, 0.25) is 0 Å². The molecule has 0 aromatic heterocycles. The summed E-state index contributed by atoms with van der Waals surface area (Å²) in [6.07, 6.45) is 1.05. The van der Waals surface area contributed by atoms with Crippen LogP contribution in [-0.4, -0.2) is 24.2 Å². The largest absolute Gasteiger partial charge is 0.483 e. The van der Waals surface area contributed by atoms with Gasteiger partial charge in [-0.1, -0.05) is 6.92 Å². The molecule has 0 unspecified atom stereocenters. The molecule has 28 heavy (non-hydrogen) atoms. The van der Waals surface area contributed by atoms with Gasteiger partial charge in [0.15, 0.2) is 12.4 Å². The average molecular weight is 390 g/mol. The van der Waals surface area contributed by atoms with Gasteiger partial charge >= 0.3 is 0 Å². The second-order valence-electron chi connectivity index (χ2n) is 6.06. The maximum absolute atomic E-state index is 13.2. The van der Waals surface area contributed by atoms with Gasteiger partial charge < -0.3 is 15.4 Å².